The molecule has 1 atom stereocenters. The quantitative estimate of drug-likeness (QED) is 0.551. The maximum Gasteiger partial charge on any atom is 0.323 e. The van der Waals surface area contributed by atoms with E-state index in [0.29, 0.717) is 0 Å². The molecule has 1 aromatic heterocycles. The van der Waals surface area contributed by atoms with Gasteiger partial charge in [-0.2, -0.15) is 0 Å². The van der Waals surface area contributed by atoms with Crippen LogP contribution in [0.25, 0.3) is 11.0 Å². The first-order valence-electron chi connectivity index (χ1n) is 6.28. The number of fused-ring (bicyclic) bond motifs is 1. The van der Waals surface area contributed by atoms with Crippen molar-refractivity contribution in [3.8, 4) is 0 Å². The van der Waals surface area contributed by atoms with E-state index in [-0.39, 0.29) is 11.1 Å². The SMILES string of the molecule is Cc1c(Br)cccc1C(Cl)c1cc2[nH]c(=O)[nH]c2cc1Br. The van der Waals surface area contributed by atoms with Crippen LogP contribution in [0.4, 0.5) is 0 Å². The van der Waals surface area contributed by atoms with Gasteiger partial charge < -0.3 is 9.97 Å². The van der Waals surface area contributed by atoms with E-state index in [1.165, 1.54) is 0 Å². The minimum absolute atomic E-state index is 0.223. The third kappa shape index (κ3) is 2.70. The van der Waals surface area contributed by atoms with Gasteiger partial charge in [0.1, 0.15) is 0 Å². The molecule has 0 fully saturated rings. The minimum Gasteiger partial charge on any atom is -0.306 e. The number of aromatic nitrogens is 2. The molecule has 0 spiro atoms. The summed E-state index contributed by atoms with van der Waals surface area (Å²) in [4.78, 5) is 16.9. The molecule has 0 saturated carbocycles. The van der Waals surface area contributed by atoms with Gasteiger partial charge in [-0.3, -0.25) is 0 Å². The summed E-state index contributed by atoms with van der Waals surface area (Å²) in [5.41, 5.74) is 4.33. The Morgan fingerprint density at radius 3 is 2.43 bits per heavy atom. The number of H-pyrrole nitrogens is 2. The lowest BCUT2D eigenvalue weighted by Crippen LogP contribution is -1.99. The van der Waals surface area contributed by atoms with E-state index in [1.54, 1.807) is 0 Å². The molecule has 0 aliphatic rings. The van der Waals surface area contributed by atoms with Gasteiger partial charge in [-0.25, -0.2) is 4.79 Å². The fraction of sp³-hybridized carbons (Fsp3) is 0.133. The molecule has 1 heterocycles. The van der Waals surface area contributed by atoms with Crippen molar-refractivity contribution >= 4 is 54.5 Å². The van der Waals surface area contributed by atoms with Gasteiger partial charge in [0.25, 0.3) is 0 Å². The van der Waals surface area contributed by atoms with E-state index >= 15 is 0 Å². The Labute approximate surface area is 143 Å². The van der Waals surface area contributed by atoms with Gasteiger partial charge >= 0.3 is 5.69 Å². The Balaban J connectivity index is 2.16. The van der Waals surface area contributed by atoms with E-state index in [2.05, 4.69) is 41.8 Å². The van der Waals surface area contributed by atoms with Crippen molar-refractivity contribution < 1.29 is 0 Å². The molecule has 6 heteroatoms. The molecule has 1 unspecified atom stereocenters. The number of rotatable bonds is 2. The summed E-state index contributed by atoms with van der Waals surface area (Å²) in [7, 11) is 0. The molecule has 3 nitrogen and oxygen atoms in total. The molecular weight excluding hydrogens is 419 g/mol. The van der Waals surface area contributed by atoms with Crippen LogP contribution in [-0.2, 0) is 0 Å². The highest BCUT2D eigenvalue weighted by molar-refractivity contribution is 9.10. The highest BCUT2D eigenvalue weighted by Crippen LogP contribution is 2.38. The van der Waals surface area contributed by atoms with Crippen molar-refractivity contribution in [1.29, 1.82) is 0 Å². The normalized spacial score (nSPS) is 12.8. The number of hydrogen-bond acceptors (Lipinski definition) is 1. The number of imidazole rings is 1. The average molecular weight is 431 g/mol. The molecule has 0 aliphatic heterocycles. The van der Waals surface area contributed by atoms with Gasteiger partial charge in [-0.05, 0) is 41.8 Å². The zero-order valence-corrected chi connectivity index (χ0v) is 14.9. The smallest absolute Gasteiger partial charge is 0.306 e. The van der Waals surface area contributed by atoms with Crippen LogP contribution in [0.3, 0.4) is 0 Å². The summed E-state index contributed by atoms with van der Waals surface area (Å²) in [5.74, 6) is 0. The van der Waals surface area contributed by atoms with Crippen molar-refractivity contribution in [2.75, 3.05) is 0 Å². The molecule has 21 heavy (non-hydrogen) atoms. The first kappa shape index (κ1) is 14.9. The fourth-order valence-corrected chi connectivity index (χ4v) is 3.84. The third-order valence-corrected chi connectivity index (χ3v) is 5.50. The maximum atomic E-state index is 11.4. The molecule has 0 bridgehead atoms. The molecule has 0 amide bonds. The lowest BCUT2D eigenvalue weighted by atomic mass is 10.00. The Hall–Kier alpha value is -1.04. The van der Waals surface area contributed by atoms with E-state index in [0.717, 1.165) is 36.7 Å². The van der Waals surface area contributed by atoms with Crippen molar-refractivity contribution in [3.63, 3.8) is 0 Å². The van der Waals surface area contributed by atoms with E-state index in [4.69, 9.17) is 11.6 Å². The molecule has 0 radical (unpaired) electrons. The summed E-state index contributed by atoms with van der Waals surface area (Å²) < 4.78 is 1.89. The second-order valence-electron chi connectivity index (χ2n) is 4.82. The van der Waals surface area contributed by atoms with Crippen molar-refractivity contribution in [1.82, 2.24) is 9.97 Å². The van der Waals surface area contributed by atoms with Gasteiger partial charge in [0.05, 0.1) is 16.4 Å². The number of hydrogen-bond donors (Lipinski definition) is 2. The van der Waals surface area contributed by atoms with Gasteiger partial charge in [0.2, 0.25) is 0 Å². The second kappa shape index (κ2) is 5.63. The van der Waals surface area contributed by atoms with Crippen LogP contribution in [0.15, 0.2) is 44.1 Å². The summed E-state index contributed by atoms with van der Waals surface area (Å²) in [5, 5.41) is -0.306. The molecule has 108 valence electrons. The lowest BCUT2D eigenvalue weighted by molar-refractivity contribution is 1.10. The number of benzene rings is 2. The first-order valence-corrected chi connectivity index (χ1v) is 8.30. The predicted molar refractivity (Wildman–Crippen MR) is 93.2 cm³/mol. The number of nitrogens with one attached hydrogen (secondary N) is 2. The van der Waals surface area contributed by atoms with Crippen LogP contribution in [0, 0.1) is 6.92 Å². The summed E-state index contributed by atoms with van der Waals surface area (Å²) >= 11 is 13.7. The molecule has 0 saturated heterocycles. The summed E-state index contributed by atoms with van der Waals surface area (Å²) in [6.45, 7) is 2.03. The van der Waals surface area contributed by atoms with Crippen molar-refractivity contribution in [2.45, 2.75) is 12.3 Å². The number of halogens is 3. The van der Waals surface area contributed by atoms with Crippen LogP contribution < -0.4 is 5.69 Å². The molecule has 2 aromatic carbocycles. The Bertz CT molecular complexity index is 885. The van der Waals surface area contributed by atoms with Crippen LogP contribution in [0.2, 0.25) is 0 Å². The molecular formula is C15H11Br2ClN2O. The van der Waals surface area contributed by atoms with Crippen LogP contribution in [-0.4, -0.2) is 9.97 Å². The van der Waals surface area contributed by atoms with Gasteiger partial charge in [0.15, 0.2) is 0 Å². The highest BCUT2D eigenvalue weighted by Gasteiger charge is 2.18. The summed E-state index contributed by atoms with van der Waals surface area (Å²) in [6.07, 6.45) is 0. The van der Waals surface area contributed by atoms with Crippen molar-refractivity contribution in [3.05, 3.63) is 66.5 Å². The molecule has 2 N–H and O–H groups in total. The van der Waals surface area contributed by atoms with Gasteiger partial charge in [-0.1, -0.05) is 44.0 Å². The molecule has 0 aliphatic carbocycles. The monoisotopic (exact) mass is 428 g/mol. The van der Waals surface area contributed by atoms with E-state index < -0.39 is 0 Å². The summed E-state index contributed by atoms with van der Waals surface area (Å²) in [6, 6.07) is 9.73. The zero-order chi connectivity index (χ0) is 15.1. The number of alkyl halides is 1. The second-order valence-corrected chi connectivity index (χ2v) is 6.96. The number of aromatic amines is 2. The Kier molecular flexibility index (Phi) is 3.99. The highest BCUT2D eigenvalue weighted by atomic mass is 79.9. The minimum atomic E-state index is -0.306. The topological polar surface area (TPSA) is 48.6 Å². The standard InChI is InChI=1S/C15H11Br2ClN2O/c1-7-8(3-2-4-10(7)16)14(18)9-5-12-13(6-11(9)17)20-15(21)19-12/h2-6,14H,1H3,(H2,19,20,21). The van der Waals surface area contributed by atoms with E-state index in [9.17, 15) is 4.79 Å². The van der Waals surface area contributed by atoms with Gasteiger partial charge in [-0.15, -0.1) is 11.6 Å². The predicted octanol–water partition coefficient (Wildman–Crippen LogP) is 5.02. The zero-order valence-electron chi connectivity index (χ0n) is 11.0. The average Bonchev–Trinajstić information content (AvgIpc) is 2.79. The Morgan fingerprint density at radius 1 is 1.05 bits per heavy atom. The van der Waals surface area contributed by atoms with Crippen molar-refractivity contribution in [2.24, 2.45) is 0 Å². The lowest BCUT2D eigenvalue weighted by Gasteiger charge is -2.16. The molecule has 3 aromatic rings. The van der Waals surface area contributed by atoms with Gasteiger partial charge in [0, 0.05) is 8.95 Å². The Morgan fingerprint density at radius 2 is 1.71 bits per heavy atom. The maximum absolute atomic E-state index is 11.4. The van der Waals surface area contributed by atoms with Crippen LogP contribution in [0.1, 0.15) is 22.1 Å². The third-order valence-electron chi connectivity index (χ3n) is 3.49. The fourth-order valence-electron chi connectivity index (χ4n) is 2.33. The first-order chi connectivity index (χ1) is 9.97. The van der Waals surface area contributed by atoms with E-state index in [1.807, 2.05) is 37.3 Å². The van der Waals surface area contributed by atoms with Crippen LogP contribution in [0.5, 0.6) is 0 Å². The largest absolute Gasteiger partial charge is 0.323 e. The van der Waals surface area contributed by atoms with Crippen LogP contribution >= 0.6 is 43.5 Å². The molecule has 3 rings (SSSR count).